The lowest BCUT2D eigenvalue weighted by Crippen LogP contribution is -2.49. The molecule has 1 unspecified atom stereocenters. The molecule has 2 amide bonds. The predicted octanol–water partition coefficient (Wildman–Crippen LogP) is 1.57. The Labute approximate surface area is 137 Å². The summed E-state index contributed by atoms with van der Waals surface area (Å²) in [7, 11) is 0. The first-order valence-electron chi connectivity index (χ1n) is 7.63. The van der Waals surface area contributed by atoms with Crippen LogP contribution in [0.25, 0.3) is 10.8 Å². The van der Waals surface area contributed by atoms with Crippen molar-refractivity contribution in [3.8, 4) is 10.8 Å². The maximum atomic E-state index is 12.5. The molecule has 2 aromatic heterocycles. The van der Waals surface area contributed by atoms with Crippen LogP contribution < -0.4 is 10.6 Å². The van der Waals surface area contributed by atoms with Gasteiger partial charge in [-0.2, -0.15) is 0 Å². The minimum Gasteiger partial charge on any atom is -0.354 e. The highest BCUT2D eigenvalue weighted by Crippen LogP contribution is 2.34. The molecule has 1 fully saturated rings. The molecule has 1 atom stereocenters. The monoisotopic (exact) mass is 333 g/mol. The summed E-state index contributed by atoms with van der Waals surface area (Å²) in [5, 5.41) is 8.05. The van der Waals surface area contributed by atoms with Crippen LogP contribution in [-0.2, 0) is 4.79 Å². The number of nitrogens with zero attached hydrogens (tertiary/aromatic N) is 2. The molecule has 23 heavy (non-hydrogen) atoms. The van der Waals surface area contributed by atoms with Gasteiger partial charge in [0.25, 0.3) is 5.91 Å². The average molecular weight is 333 g/mol. The van der Waals surface area contributed by atoms with Gasteiger partial charge < -0.3 is 15.6 Å². The van der Waals surface area contributed by atoms with Crippen molar-refractivity contribution in [3.05, 3.63) is 23.5 Å². The fourth-order valence-electron chi connectivity index (χ4n) is 2.95. The van der Waals surface area contributed by atoms with Crippen molar-refractivity contribution in [2.24, 2.45) is 5.41 Å². The van der Waals surface area contributed by atoms with Gasteiger partial charge in [0.1, 0.15) is 11.7 Å². The van der Waals surface area contributed by atoms with Gasteiger partial charge in [0, 0.05) is 29.7 Å². The lowest BCUT2D eigenvalue weighted by Gasteiger charge is -2.31. The van der Waals surface area contributed by atoms with E-state index in [0.29, 0.717) is 23.1 Å². The summed E-state index contributed by atoms with van der Waals surface area (Å²) in [4.78, 5) is 36.0. The molecule has 1 aliphatic heterocycles. The van der Waals surface area contributed by atoms with Gasteiger partial charge in [-0.3, -0.25) is 9.59 Å². The first kappa shape index (κ1) is 15.7. The lowest BCUT2D eigenvalue weighted by atomic mass is 9.77. The summed E-state index contributed by atoms with van der Waals surface area (Å²) in [5.41, 5.74) is 0.0780. The standard InChI is InChI=1S/C15H19N5O2S/c1-3-15(4-2)8-18-13(22)10(15)20-12(21)9-7-23-14(19-9)11-16-5-6-17-11/h5-7,10H,3-4,8H2,1-2H3,(H,16,17)(H,18,22)(H,20,21). The topological polar surface area (TPSA) is 99.8 Å². The van der Waals surface area contributed by atoms with Crippen molar-refractivity contribution < 1.29 is 9.59 Å². The Morgan fingerprint density at radius 3 is 2.91 bits per heavy atom. The number of thiazole rings is 1. The Hall–Kier alpha value is -2.22. The molecular formula is C15H19N5O2S. The maximum absolute atomic E-state index is 12.5. The Bertz CT molecular complexity index is 705. The van der Waals surface area contributed by atoms with Gasteiger partial charge >= 0.3 is 0 Å². The van der Waals surface area contributed by atoms with Crippen molar-refractivity contribution in [1.29, 1.82) is 0 Å². The molecule has 0 bridgehead atoms. The number of H-pyrrole nitrogens is 1. The van der Waals surface area contributed by atoms with Crippen molar-refractivity contribution >= 4 is 23.2 Å². The van der Waals surface area contributed by atoms with Gasteiger partial charge in [-0.1, -0.05) is 13.8 Å². The van der Waals surface area contributed by atoms with E-state index >= 15 is 0 Å². The molecule has 0 spiro atoms. The predicted molar refractivity (Wildman–Crippen MR) is 87.0 cm³/mol. The van der Waals surface area contributed by atoms with Gasteiger partial charge in [-0.15, -0.1) is 11.3 Å². The second kappa shape index (κ2) is 6.11. The number of aromatic nitrogens is 3. The summed E-state index contributed by atoms with van der Waals surface area (Å²) in [6.07, 6.45) is 4.98. The molecule has 8 heteroatoms. The number of hydrogen-bond acceptors (Lipinski definition) is 5. The van der Waals surface area contributed by atoms with E-state index in [-0.39, 0.29) is 17.2 Å². The zero-order chi connectivity index (χ0) is 16.4. The van der Waals surface area contributed by atoms with E-state index in [1.54, 1.807) is 17.8 Å². The Morgan fingerprint density at radius 1 is 1.48 bits per heavy atom. The van der Waals surface area contributed by atoms with E-state index in [4.69, 9.17) is 0 Å². The maximum Gasteiger partial charge on any atom is 0.271 e. The zero-order valence-electron chi connectivity index (χ0n) is 13.0. The van der Waals surface area contributed by atoms with Crippen molar-refractivity contribution in [2.45, 2.75) is 32.7 Å². The van der Waals surface area contributed by atoms with E-state index < -0.39 is 6.04 Å². The Kier molecular flexibility index (Phi) is 4.16. The van der Waals surface area contributed by atoms with Crippen LogP contribution in [0.15, 0.2) is 17.8 Å². The van der Waals surface area contributed by atoms with Crippen LogP contribution in [0.1, 0.15) is 37.2 Å². The minimum absolute atomic E-state index is 0.122. The third-order valence-electron chi connectivity index (χ3n) is 4.61. The number of carbonyl (C=O) groups excluding carboxylic acids is 2. The highest BCUT2D eigenvalue weighted by molar-refractivity contribution is 7.13. The molecule has 1 saturated heterocycles. The number of amides is 2. The zero-order valence-corrected chi connectivity index (χ0v) is 13.9. The molecule has 7 nitrogen and oxygen atoms in total. The number of rotatable bonds is 5. The molecule has 0 aromatic carbocycles. The van der Waals surface area contributed by atoms with Gasteiger partial charge in [0.15, 0.2) is 10.8 Å². The van der Waals surface area contributed by atoms with Crippen LogP contribution in [0, 0.1) is 5.41 Å². The van der Waals surface area contributed by atoms with Gasteiger partial charge in [-0.05, 0) is 12.8 Å². The van der Waals surface area contributed by atoms with E-state index in [1.807, 2.05) is 13.8 Å². The molecule has 0 aliphatic carbocycles. The number of aromatic amines is 1. The Balaban J connectivity index is 1.77. The number of carbonyl (C=O) groups is 2. The molecule has 3 heterocycles. The summed E-state index contributed by atoms with van der Waals surface area (Å²) in [6.45, 7) is 4.68. The SMILES string of the molecule is CCC1(CC)CNC(=O)C1NC(=O)c1csc(-c2ncc[nH]2)n1. The van der Waals surface area contributed by atoms with Crippen molar-refractivity contribution in [3.63, 3.8) is 0 Å². The Morgan fingerprint density at radius 2 is 2.26 bits per heavy atom. The largest absolute Gasteiger partial charge is 0.354 e. The molecule has 122 valence electrons. The van der Waals surface area contributed by atoms with Crippen LogP contribution in [0.5, 0.6) is 0 Å². The van der Waals surface area contributed by atoms with Gasteiger partial charge in [-0.25, -0.2) is 9.97 Å². The molecule has 3 N–H and O–H groups in total. The van der Waals surface area contributed by atoms with E-state index in [2.05, 4.69) is 25.6 Å². The lowest BCUT2D eigenvalue weighted by molar-refractivity contribution is -0.121. The second-order valence-corrected chi connectivity index (χ2v) is 6.53. The van der Waals surface area contributed by atoms with Crippen LogP contribution in [0.2, 0.25) is 0 Å². The highest BCUT2D eigenvalue weighted by Gasteiger charge is 2.46. The minimum atomic E-state index is -0.515. The molecule has 0 radical (unpaired) electrons. The van der Waals surface area contributed by atoms with Gasteiger partial charge in [0.05, 0.1) is 0 Å². The molecule has 0 saturated carbocycles. The first-order valence-corrected chi connectivity index (χ1v) is 8.51. The number of imidazole rings is 1. The number of nitrogens with one attached hydrogen (secondary N) is 3. The van der Waals surface area contributed by atoms with Crippen LogP contribution >= 0.6 is 11.3 Å². The van der Waals surface area contributed by atoms with Crippen LogP contribution in [0.4, 0.5) is 0 Å². The summed E-state index contributed by atoms with van der Waals surface area (Å²) in [6, 6.07) is -0.515. The summed E-state index contributed by atoms with van der Waals surface area (Å²) in [5.74, 6) is 0.181. The smallest absolute Gasteiger partial charge is 0.271 e. The highest BCUT2D eigenvalue weighted by atomic mass is 32.1. The first-order chi connectivity index (χ1) is 11.1. The third kappa shape index (κ3) is 2.74. The summed E-state index contributed by atoms with van der Waals surface area (Å²) >= 11 is 1.34. The fourth-order valence-corrected chi connectivity index (χ4v) is 3.70. The third-order valence-corrected chi connectivity index (χ3v) is 5.46. The second-order valence-electron chi connectivity index (χ2n) is 5.67. The summed E-state index contributed by atoms with van der Waals surface area (Å²) < 4.78 is 0. The quantitative estimate of drug-likeness (QED) is 0.773. The average Bonchev–Trinajstić information content (AvgIpc) is 3.28. The van der Waals surface area contributed by atoms with Crippen molar-refractivity contribution in [2.75, 3.05) is 6.54 Å². The molecular weight excluding hydrogens is 314 g/mol. The van der Waals surface area contributed by atoms with Gasteiger partial charge in [0.2, 0.25) is 5.91 Å². The molecule has 3 rings (SSSR count). The number of hydrogen-bond donors (Lipinski definition) is 3. The molecule has 2 aromatic rings. The van der Waals surface area contributed by atoms with E-state index in [1.165, 1.54) is 11.3 Å². The molecule has 1 aliphatic rings. The van der Waals surface area contributed by atoms with Crippen LogP contribution in [-0.4, -0.2) is 39.4 Å². The van der Waals surface area contributed by atoms with E-state index in [0.717, 1.165) is 12.8 Å². The van der Waals surface area contributed by atoms with Crippen LogP contribution in [0.3, 0.4) is 0 Å². The normalized spacial score (nSPS) is 19.6. The van der Waals surface area contributed by atoms with E-state index in [9.17, 15) is 9.59 Å². The fraction of sp³-hybridized carbons (Fsp3) is 0.467. The van der Waals surface area contributed by atoms with Crippen molar-refractivity contribution in [1.82, 2.24) is 25.6 Å².